The molecule has 1 aromatic heterocycles. The third-order valence-electron chi connectivity index (χ3n) is 3.81. The van der Waals surface area contributed by atoms with Crippen LogP contribution >= 0.6 is 0 Å². The first kappa shape index (κ1) is 11.3. The fourth-order valence-electron chi connectivity index (χ4n) is 2.65. The van der Waals surface area contributed by atoms with Gasteiger partial charge in [0.05, 0.1) is 0 Å². The molecule has 2 aromatic rings. The van der Waals surface area contributed by atoms with Crippen molar-refractivity contribution >= 4 is 5.69 Å². The summed E-state index contributed by atoms with van der Waals surface area (Å²) in [4.78, 5) is 4.62. The van der Waals surface area contributed by atoms with Crippen LogP contribution in [0.3, 0.4) is 0 Å². The standard InChI is InChI=1S/C14H18N4/c1-9-5-4-8-11(12(9)15)14-16-13(17-18-14)10-6-2-3-7-10/h4-5,8,10H,2-3,6-7,15H2,1H3,(H,16,17,18). The van der Waals surface area contributed by atoms with Gasteiger partial charge in [-0.1, -0.05) is 25.0 Å². The zero-order chi connectivity index (χ0) is 12.5. The normalized spacial score (nSPS) is 16.3. The van der Waals surface area contributed by atoms with Crippen molar-refractivity contribution in [3.8, 4) is 11.4 Å². The SMILES string of the molecule is Cc1cccc(-c2n[nH]c(C3CCCC3)n2)c1N. The van der Waals surface area contributed by atoms with Crippen LogP contribution < -0.4 is 5.73 Å². The minimum absolute atomic E-state index is 0.553. The zero-order valence-electron chi connectivity index (χ0n) is 10.6. The first-order valence-corrected chi connectivity index (χ1v) is 6.53. The summed E-state index contributed by atoms with van der Waals surface area (Å²) < 4.78 is 0. The molecule has 4 nitrogen and oxygen atoms in total. The molecule has 0 radical (unpaired) electrons. The molecule has 0 spiro atoms. The molecule has 3 N–H and O–H groups in total. The monoisotopic (exact) mass is 242 g/mol. The highest BCUT2D eigenvalue weighted by atomic mass is 15.2. The van der Waals surface area contributed by atoms with Gasteiger partial charge in [-0.3, -0.25) is 5.10 Å². The van der Waals surface area contributed by atoms with Crippen LogP contribution in [0, 0.1) is 6.92 Å². The van der Waals surface area contributed by atoms with Gasteiger partial charge in [-0.15, -0.1) is 0 Å². The van der Waals surface area contributed by atoms with E-state index in [0.29, 0.717) is 5.92 Å². The van der Waals surface area contributed by atoms with Crippen LogP contribution in [0.2, 0.25) is 0 Å². The number of aromatic nitrogens is 3. The Balaban J connectivity index is 1.95. The predicted octanol–water partition coefficient (Wildman–Crippen LogP) is 3.02. The average molecular weight is 242 g/mol. The minimum Gasteiger partial charge on any atom is -0.398 e. The van der Waals surface area contributed by atoms with Gasteiger partial charge in [-0.25, -0.2) is 4.98 Å². The Morgan fingerprint density at radius 1 is 1.28 bits per heavy atom. The molecule has 1 fully saturated rings. The highest BCUT2D eigenvalue weighted by Gasteiger charge is 2.21. The number of nitrogens with one attached hydrogen (secondary N) is 1. The van der Waals surface area contributed by atoms with E-state index in [9.17, 15) is 0 Å². The summed E-state index contributed by atoms with van der Waals surface area (Å²) in [5.41, 5.74) is 8.85. The summed E-state index contributed by atoms with van der Waals surface area (Å²) in [5, 5.41) is 7.39. The molecule has 0 atom stereocenters. The summed E-state index contributed by atoms with van der Waals surface area (Å²) in [5.74, 6) is 2.29. The number of nitrogens with zero attached hydrogens (tertiary/aromatic N) is 2. The highest BCUT2D eigenvalue weighted by molar-refractivity contribution is 5.73. The smallest absolute Gasteiger partial charge is 0.183 e. The molecule has 94 valence electrons. The van der Waals surface area contributed by atoms with Gasteiger partial charge in [0.1, 0.15) is 5.82 Å². The largest absolute Gasteiger partial charge is 0.398 e. The molecule has 0 amide bonds. The molecular formula is C14H18N4. The van der Waals surface area contributed by atoms with E-state index >= 15 is 0 Å². The Hall–Kier alpha value is -1.84. The molecule has 0 bridgehead atoms. The van der Waals surface area contributed by atoms with Crippen LogP contribution in [-0.4, -0.2) is 15.2 Å². The first-order valence-electron chi connectivity index (χ1n) is 6.53. The minimum atomic E-state index is 0.553. The highest BCUT2D eigenvalue weighted by Crippen LogP contribution is 2.33. The van der Waals surface area contributed by atoms with Crippen molar-refractivity contribution in [1.82, 2.24) is 15.2 Å². The van der Waals surface area contributed by atoms with E-state index in [2.05, 4.69) is 15.2 Å². The van der Waals surface area contributed by atoms with Crippen molar-refractivity contribution in [1.29, 1.82) is 0 Å². The van der Waals surface area contributed by atoms with Crippen LogP contribution in [0.5, 0.6) is 0 Å². The number of rotatable bonds is 2. The van der Waals surface area contributed by atoms with Crippen molar-refractivity contribution in [3.63, 3.8) is 0 Å². The van der Waals surface area contributed by atoms with Crippen LogP contribution in [0.25, 0.3) is 11.4 Å². The molecule has 0 aliphatic heterocycles. The number of hydrogen-bond donors (Lipinski definition) is 2. The fourth-order valence-corrected chi connectivity index (χ4v) is 2.65. The van der Waals surface area contributed by atoms with Gasteiger partial charge in [0.2, 0.25) is 0 Å². The Bertz CT molecular complexity index is 553. The molecule has 3 rings (SSSR count). The van der Waals surface area contributed by atoms with Crippen LogP contribution in [0.4, 0.5) is 5.69 Å². The van der Waals surface area contributed by atoms with Crippen LogP contribution in [-0.2, 0) is 0 Å². The third-order valence-corrected chi connectivity index (χ3v) is 3.81. The molecule has 0 unspecified atom stereocenters. The van der Waals surface area contributed by atoms with Crippen molar-refractivity contribution in [2.45, 2.75) is 38.5 Å². The van der Waals surface area contributed by atoms with Gasteiger partial charge in [-0.2, -0.15) is 5.10 Å². The quantitative estimate of drug-likeness (QED) is 0.795. The summed E-state index contributed by atoms with van der Waals surface area (Å²) in [6, 6.07) is 5.97. The van der Waals surface area contributed by atoms with Crippen molar-refractivity contribution in [3.05, 3.63) is 29.6 Å². The first-order chi connectivity index (χ1) is 8.75. The molecule has 1 aliphatic rings. The molecule has 1 heterocycles. The summed E-state index contributed by atoms with van der Waals surface area (Å²) in [7, 11) is 0. The van der Waals surface area contributed by atoms with E-state index in [4.69, 9.17) is 5.73 Å². The van der Waals surface area contributed by atoms with E-state index in [1.807, 2.05) is 25.1 Å². The number of anilines is 1. The lowest BCUT2D eigenvalue weighted by Crippen LogP contribution is -1.96. The number of aromatic amines is 1. The second-order valence-electron chi connectivity index (χ2n) is 5.06. The Kier molecular flexibility index (Phi) is 2.78. The Morgan fingerprint density at radius 3 is 2.83 bits per heavy atom. The van der Waals surface area contributed by atoms with Crippen molar-refractivity contribution in [2.75, 3.05) is 5.73 Å². The van der Waals surface area contributed by atoms with E-state index in [1.165, 1.54) is 25.7 Å². The Morgan fingerprint density at radius 2 is 2.06 bits per heavy atom. The second kappa shape index (κ2) is 4.44. The molecule has 18 heavy (non-hydrogen) atoms. The lowest BCUT2D eigenvalue weighted by Gasteiger charge is -2.04. The molecule has 1 saturated carbocycles. The van der Waals surface area contributed by atoms with Gasteiger partial charge in [0, 0.05) is 17.2 Å². The molecule has 0 saturated heterocycles. The summed E-state index contributed by atoms with van der Waals surface area (Å²) >= 11 is 0. The maximum Gasteiger partial charge on any atom is 0.183 e. The lowest BCUT2D eigenvalue weighted by molar-refractivity contribution is 0.672. The van der Waals surface area contributed by atoms with Gasteiger partial charge in [-0.05, 0) is 31.4 Å². The van der Waals surface area contributed by atoms with Crippen LogP contribution in [0.1, 0.15) is 43.0 Å². The number of nitrogen functional groups attached to an aromatic ring is 1. The second-order valence-corrected chi connectivity index (χ2v) is 5.06. The van der Waals surface area contributed by atoms with E-state index in [0.717, 1.165) is 28.5 Å². The van der Waals surface area contributed by atoms with Gasteiger partial charge >= 0.3 is 0 Å². The molecule has 1 aliphatic carbocycles. The van der Waals surface area contributed by atoms with Gasteiger partial charge in [0.25, 0.3) is 0 Å². The number of para-hydroxylation sites is 1. The van der Waals surface area contributed by atoms with Gasteiger partial charge < -0.3 is 5.73 Å². The molecule has 1 aromatic carbocycles. The van der Waals surface area contributed by atoms with E-state index < -0.39 is 0 Å². The number of benzene rings is 1. The van der Waals surface area contributed by atoms with E-state index in [-0.39, 0.29) is 0 Å². The Labute approximate surface area is 107 Å². The topological polar surface area (TPSA) is 67.6 Å². The number of H-pyrrole nitrogens is 1. The fraction of sp³-hybridized carbons (Fsp3) is 0.429. The maximum atomic E-state index is 6.08. The maximum absolute atomic E-state index is 6.08. The molecule has 4 heteroatoms. The number of nitrogens with two attached hydrogens (primary N) is 1. The van der Waals surface area contributed by atoms with Crippen molar-refractivity contribution in [2.24, 2.45) is 0 Å². The predicted molar refractivity (Wildman–Crippen MR) is 72.2 cm³/mol. The van der Waals surface area contributed by atoms with Gasteiger partial charge in [0.15, 0.2) is 5.82 Å². The summed E-state index contributed by atoms with van der Waals surface area (Å²) in [6.07, 6.45) is 5.04. The lowest BCUT2D eigenvalue weighted by atomic mass is 10.1. The van der Waals surface area contributed by atoms with Crippen LogP contribution in [0.15, 0.2) is 18.2 Å². The molecular weight excluding hydrogens is 224 g/mol. The third kappa shape index (κ3) is 1.88. The number of aryl methyl sites for hydroxylation is 1. The van der Waals surface area contributed by atoms with E-state index in [1.54, 1.807) is 0 Å². The number of hydrogen-bond acceptors (Lipinski definition) is 3. The average Bonchev–Trinajstić information content (AvgIpc) is 3.01. The zero-order valence-corrected chi connectivity index (χ0v) is 10.6. The summed E-state index contributed by atoms with van der Waals surface area (Å²) in [6.45, 7) is 2.00. The van der Waals surface area contributed by atoms with Crippen molar-refractivity contribution < 1.29 is 0 Å².